The fraction of sp³-hybridized carbons (Fsp3) is 0.0417. The molecule has 0 atom stereocenters. The largest absolute Gasteiger partial charge is 0.508 e. The van der Waals surface area contributed by atoms with Crippen LogP contribution in [0.2, 0.25) is 0 Å². The number of nitrogen functional groups attached to an aromatic ring is 1. The minimum atomic E-state index is -0.588. The number of pyridine rings is 1. The van der Waals surface area contributed by atoms with Crippen LogP contribution in [0.4, 0.5) is 10.2 Å². The Bertz CT molecular complexity index is 1660. The summed E-state index contributed by atoms with van der Waals surface area (Å²) < 4.78 is 17.6. The molecule has 1 aromatic carbocycles. The lowest BCUT2D eigenvalue weighted by atomic mass is 10.1. The molecule has 0 saturated carbocycles. The van der Waals surface area contributed by atoms with E-state index in [-0.39, 0.29) is 11.6 Å². The van der Waals surface area contributed by atoms with Crippen molar-refractivity contribution < 1.29 is 9.50 Å². The van der Waals surface area contributed by atoms with Crippen LogP contribution < -0.4 is 5.73 Å². The van der Waals surface area contributed by atoms with E-state index in [2.05, 4.69) is 20.1 Å². The smallest absolute Gasteiger partial charge is 0.164 e. The van der Waals surface area contributed by atoms with Crippen molar-refractivity contribution in [2.45, 2.75) is 6.54 Å². The van der Waals surface area contributed by atoms with Crippen molar-refractivity contribution in [1.82, 2.24) is 34.3 Å². The lowest BCUT2D eigenvalue weighted by molar-refractivity contribution is 0.469. The zero-order valence-electron chi connectivity index (χ0n) is 17.7. The van der Waals surface area contributed by atoms with Crippen LogP contribution in [0.1, 0.15) is 5.56 Å². The van der Waals surface area contributed by atoms with Crippen LogP contribution in [0.25, 0.3) is 39.2 Å². The van der Waals surface area contributed by atoms with Crippen molar-refractivity contribution in [2.24, 2.45) is 0 Å². The van der Waals surface area contributed by atoms with E-state index in [0.29, 0.717) is 28.8 Å². The Hall–Kier alpha value is -4.86. The fourth-order valence-electron chi connectivity index (χ4n) is 4.17. The van der Waals surface area contributed by atoms with E-state index in [1.165, 1.54) is 18.5 Å². The number of hydrogen-bond donors (Lipinski definition) is 2. The molecule has 0 unspecified atom stereocenters. The van der Waals surface area contributed by atoms with E-state index in [9.17, 15) is 9.50 Å². The summed E-state index contributed by atoms with van der Waals surface area (Å²) in [5, 5.41) is 19.6. The van der Waals surface area contributed by atoms with Crippen LogP contribution in [-0.2, 0) is 6.54 Å². The third-order valence-electron chi connectivity index (χ3n) is 5.56. The van der Waals surface area contributed by atoms with Crippen LogP contribution in [0, 0.1) is 5.82 Å². The first-order valence-corrected chi connectivity index (χ1v) is 10.4. The van der Waals surface area contributed by atoms with Gasteiger partial charge in [0.2, 0.25) is 0 Å². The lowest BCUT2D eigenvalue weighted by Crippen LogP contribution is -2.05. The minimum absolute atomic E-state index is 0.212. The maximum Gasteiger partial charge on any atom is 0.164 e. The standard InChI is InChI=1S/C24H17FN8O/c25-16-8-14(10-18(34)11-16)21-20-23(26)28-13-29-24(20)32(31-21)12-15-9-17-4-3-7-30-33(17)22(15)19-5-1-2-6-27-19/h1-11,13,34H,12H2,(H2,26,28,29). The predicted octanol–water partition coefficient (Wildman–Crippen LogP) is 3.68. The number of fused-ring (bicyclic) bond motifs is 2. The topological polar surface area (TPSA) is 120 Å². The second kappa shape index (κ2) is 7.62. The van der Waals surface area contributed by atoms with E-state index in [4.69, 9.17) is 10.8 Å². The molecule has 5 aromatic heterocycles. The van der Waals surface area contributed by atoms with Crippen molar-refractivity contribution in [1.29, 1.82) is 0 Å². The number of anilines is 1. The number of rotatable bonds is 4. The first-order chi connectivity index (χ1) is 16.6. The molecule has 0 fully saturated rings. The molecule has 6 rings (SSSR count). The maximum atomic E-state index is 14.1. The summed E-state index contributed by atoms with van der Waals surface area (Å²) in [5.41, 5.74) is 10.8. The van der Waals surface area contributed by atoms with Crippen molar-refractivity contribution in [3.05, 3.63) is 84.7 Å². The number of aromatic nitrogens is 7. The summed E-state index contributed by atoms with van der Waals surface area (Å²) in [6.45, 7) is 0.323. The molecule has 166 valence electrons. The summed E-state index contributed by atoms with van der Waals surface area (Å²) in [6, 6.07) is 15.3. The van der Waals surface area contributed by atoms with Crippen LogP contribution in [0.15, 0.2) is 73.3 Å². The molecule has 6 aromatic rings. The highest BCUT2D eigenvalue weighted by molar-refractivity contribution is 5.98. The Kier molecular flexibility index (Phi) is 4.44. The molecule has 0 amide bonds. The summed E-state index contributed by atoms with van der Waals surface area (Å²) >= 11 is 0. The molecule has 0 radical (unpaired) electrons. The van der Waals surface area contributed by atoms with Gasteiger partial charge in [-0.2, -0.15) is 10.2 Å². The molecule has 3 N–H and O–H groups in total. The number of phenolic OH excluding ortho intramolecular Hbond substituents is 1. The maximum absolute atomic E-state index is 14.1. The molecule has 0 aliphatic rings. The van der Waals surface area contributed by atoms with Crippen molar-refractivity contribution in [2.75, 3.05) is 5.73 Å². The van der Waals surface area contributed by atoms with Gasteiger partial charge in [0.25, 0.3) is 0 Å². The highest BCUT2D eigenvalue weighted by Gasteiger charge is 2.21. The van der Waals surface area contributed by atoms with Crippen molar-refractivity contribution >= 4 is 22.4 Å². The van der Waals surface area contributed by atoms with Crippen LogP contribution in [-0.4, -0.2) is 39.5 Å². The number of phenols is 1. The van der Waals surface area contributed by atoms with Gasteiger partial charge >= 0.3 is 0 Å². The molecule has 0 aliphatic heterocycles. The Balaban J connectivity index is 1.57. The number of nitrogens with two attached hydrogens (primary N) is 1. The van der Waals surface area contributed by atoms with Crippen LogP contribution in [0.5, 0.6) is 5.75 Å². The van der Waals surface area contributed by atoms with Gasteiger partial charge in [0, 0.05) is 29.6 Å². The molecule has 0 spiro atoms. The number of benzene rings is 1. The highest BCUT2D eigenvalue weighted by atomic mass is 19.1. The molecule has 34 heavy (non-hydrogen) atoms. The second-order valence-electron chi connectivity index (χ2n) is 7.76. The summed E-state index contributed by atoms with van der Waals surface area (Å²) in [7, 11) is 0. The lowest BCUT2D eigenvalue weighted by Gasteiger charge is -2.06. The molecule has 0 saturated heterocycles. The van der Waals surface area contributed by atoms with E-state index in [0.717, 1.165) is 28.5 Å². The predicted molar refractivity (Wildman–Crippen MR) is 124 cm³/mol. The van der Waals surface area contributed by atoms with Crippen molar-refractivity contribution in [3.63, 3.8) is 0 Å². The van der Waals surface area contributed by atoms with Gasteiger partial charge < -0.3 is 10.8 Å². The Labute approximate surface area is 192 Å². The monoisotopic (exact) mass is 452 g/mol. The zero-order valence-corrected chi connectivity index (χ0v) is 17.7. The van der Waals surface area contributed by atoms with Crippen LogP contribution in [0.3, 0.4) is 0 Å². The van der Waals surface area contributed by atoms with Gasteiger partial charge in [0.1, 0.15) is 29.4 Å². The quantitative estimate of drug-likeness (QED) is 0.419. The Morgan fingerprint density at radius 1 is 0.971 bits per heavy atom. The van der Waals surface area contributed by atoms with Crippen molar-refractivity contribution in [3.8, 4) is 28.4 Å². The molecule has 9 nitrogen and oxygen atoms in total. The van der Waals surface area contributed by atoms with Crippen LogP contribution >= 0.6 is 0 Å². The van der Waals surface area contributed by atoms with Gasteiger partial charge in [-0.3, -0.25) is 4.98 Å². The Morgan fingerprint density at radius 2 is 1.88 bits per heavy atom. The number of halogens is 1. The van der Waals surface area contributed by atoms with Gasteiger partial charge in [0.05, 0.1) is 28.8 Å². The van der Waals surface area contributed by atoms with E-state index >= 15 is 0 Å². The third kappa shape index (κ3) is 3.20. The first kappa shape index (κ1) is 19.8. The Morgan fingerprint density at radius 3 is 2.71 bits per heavy atom. The summed E-state index contributed by atoms with van der Waals surface area (Å²) in [6.07, 6.45) is 4.81. The summed E-state index contributed by atoms with van der Waals surface area (Å²) in [5.74, 6) is -0.589. The fourth-order valence-corrected chi connectivity index (χ4v) is 4.17. The molecular weight excluding hydrogens is 435 g/mol. The SMILES string of the molecule is Nc1ncnc2c1c(-c1cc(O)cc(F)c1)nn2Cc1cc2cccnn2c1-c1ccccn1. The summed E-state index contributed by atoms with van der Waals surface area (Å²) in [4.78, 5) is 13.0. The normalized spacial score (nSPS) is 11.4. The number of aromatic hydroxyl groups is 1. The molecule has 10 heteroatoms. The number of hydrogen-bond acceptors (Lipinski definition) is 7. The zero-order chi connectivity index (χ0) is 23.2. The van der Waals surface area contributed by atoms with Gasteiger partial charge in [-0.05, 0) is 42.5 Å². The average molecular weight is 452 g/mol. The third-order valence-corrected chi connectivity index (χ3v) is 5.56. The molecule has 0 bridgehead atoms. The highest BCUT2D eigenvalue weighted by Crippen LogP contribution is 2.34. The van der Waals surface area contributed by atoms with Gasteiger partial charge in [-0.1, -0.05) is 6.07 Å². The van der Waals surface area contributed by atoms with E-state index in [1.807, 2.05) is 40.9 Å². The molecular formula is C24H17FN8O. The van der Waals surface area contributed by atoms with E-state index < -0.39 is 5.82 Å². The first-order valence-electron chi connectivity index (χ1n) is 10.4. The minimum Gasteiger partial charge on any atom is -0.508 e. The molecule has 0 aliphatic carbocycles. The van der Waals surface area contributed by atoms with E-state index in [1.54, 1.807) is 17.1 Å². The number of nitrogens with zero attached hydrogens (tertiary/aromatic N) is 7. The van der Waals surface area contributed by atoms with Gasteiger partial charge in [-0.25, -0.2) is 23.6 Å². The molecule has 5 heterocycles. The van der Waals surface area contributed by atoms with Gasteiger partial charge in [-0.15, -0.1) is 0 Å². The average Bonchev–Trinajstić information content (AvgIpc) is 3.38. The van der Waals surface area contributed by atoms with Gasteiger partial charge in [0.15, 0.2) is 5.65 Å². The second-order valence-corrected chi connectivity index (χ2v) is 7.76.